The molecule has 1 aliphatic carbocycles. The number of methoxy groups -OCH3 is 2. The summed E-state index contributed by atoms with van der Waals surface area (Å²) >= 11 is 8.23. The SMILES string of the molecule is CC1(C)OB(B2OC(C)(C)C(C)(C)O2)OC1(C)C.CN(C)CCNc1ncc2cc(Br)ccc2n1.COC(=O)C1=CC(C)=C(Br)C1.COC(=O)c1cc(C)c(-c2ccc3nc(NCCN(C)C)ncc3c2)s1. The number of thiophene rings is 1. The number of fused-ring (bicyclic) bond motifs is 2. The third-order valence-electron chi connectivity index (χ3n) is 12.7. The quantitative estimate of drug-likeness (QED) is 0.0892. The Hall–Kier alpha value is -4.31. The van der Waals surface area contributed by atoms with Gasteiger partial charge in [0.25, 0.3) is 0 Å². The third-order valence-corrected chi connectivity index (χ3v) is 15.4. The minimum atomic E-state index is -0.476. The van der Waals surface area contributed by atoms with Gasteiger partial charge in [-0.15, -0.1) is 11.3 Å². The second-order valence-corrected chi connectivity index (χ2v) is 23.0. The zero-order chi connectivity index (χ0) is 53.3. The van der Waals surface area contributed by atoms with E-state index in [0.717, 1.165) is 84.1 Å². The number of esters is 2. The highest BCUT2D eigenvalue weighted by molar-refractivity contribution is 9.11. The molecule has 5 aromatic rings. The Morgan fingerprint density at radius 3 is 1.58 bits per heavy atom. The first-order valence-corrected chi connectivity index (χ1v) is 26.1. The van der Waals surface area contributed by atoms with Gasteiger partial charge in [-0.05, 0) is 157 Å². The molecule has 2 saturated heterocycles. The number of allylic oxidation sites excluding steroid dienone is 3. The fourth-order valence-electron chi connectivity index (χ4n) is 7.06. The van der Waals surface area contributed by atoms with E-state index in [0.29, 0.717) is 23.2 Å². The Balaban J connectivity index is 0.000000186. The van der Waals surface area contributed by atoms with Crippen molar-refractivity contribution in [3.05, 3.63) is 91.5 Å². The van der Waals surface area contributed by atoms with Gasteiger partial charge in [0.05, 0.1) is 47.7 Å². The maximum absolute atomic E-state index is 11.7. The molecule has 16 nitrogen and oxygen atoms in total. The molecule has 72 heavy (non-hydrogen) atoms. The summed E-state index contributed by atoms with van der Waals surface area (Å²) in [5.74, 6) is 0.773. The van der Waals surface area contributed by atoms with Crippen molar-refractivity contribution in [2.24, 2.45) is 0 Å². The molecule has 0 amide bonds. The number of hydrogen-bond acceptors (Lipinski definition) is 17. The molecule has 0 radical (unpaired) electrons. The fourth-order valence-corrected chi connectivity index (χ4v) is 8.94. The summed E-state index contributed by atoms with van der Waals surface area (Å²) in [4.78, 5) is 46.3. The van der Waals surface area contributed by atoms with Crippen LogP contribution in [0.1, 0.15) is 84.0 Å². The van der Waals surface area contributed by atoms with Crippen LogP contribution in [-0.4, -0.2) is 147 Å². The van der Waals surface area contributed by atoms with Gasteiger partial charge in [0.15, 0.2) is 0 Å². The lowest BCUT2D eigenvalue weighted by molar-refractivity contribution is -0.136. The monoisotopic (exact) mass is 1130 g/mol. The number of nitrogens with one attached hydrogen (secondary N) is 2. The maximum Gasteiger partial charge on any atom is 0.488 e. The number of rotatable bonds is 12. The Labute approximate surface area is 446 Å². The van der Waals surface area contributed by atoms with E-state index in [2.05, 4.69) is 83.0 Å². The first-order chi connectivity index (χ1) is 33.6. The number of aryl methyl sites for hydroxylation is 1. The first-order valence-electron chi connectivity index (χ1n) is 23.7. The summed E-state index contributed by atoms with van der Waals surface area (Å²) in [5.41, 5.74) is 4.33. The number of hydrogen-bond donors (Lipinski definition) is 2. The number of carbonyl (C=O) groups is 2. The van der Waals surface area contributed by atoms with Crippen molar-refractivity contribution in [1.82, 2.24) is 29.7 Å². The lowest BCUT2D eigenvalue weighted by Crippen LogP contribution is -2.41. The van der Waals surface area contributed by atoms with E-state index in [1.165, 1.54) is 25.6 Å². The lowest BCUT2D eigenvalue weighted by Gasteiger charge is -2.32. The van der Waals surface area contributed by atoms with E-state index in [1.807, 2.05) is 152 Å². The van der Waals surface area contributed by atoms with E-state index < -0.39 is 14.0 Å². The largest absolute Gasteiger partial charge is 0.488 e. The van der Waals surface area contributed by atoms with Gasteiger partial charge in [-0.1, -0.05) is 37.9 Å². The van der Waals surface area contributed by atoms with E-state index in [1.54, 1.807) is 0 Å². The molecule has 2 aromatic carbocycles. The Morgan fingerprint density at radius 2 is 1.15 bits per heavy atom. The van der Waals surface area contributed by atoms with Crippen LogP contribution in [0.3, 0.4) is 0 Å². The van der Waals surface area contributed by atoms with E-state index >= 15 is 0 Å². The van der Waals surface area contributed by atoms with Gasteiger partial charge in [-0.3, -0.25) is 0 Å². The smallest absolute Gasteiger partial charge is 0.466 e. The number of aromatic nitrogens is 4. The number of benzene rings is 2. The number of nitrogens with zero attached hydrogens (tertiary/aromatic N) is 6. The van der Waals surface area contributed by atoms with Crippen LogP contribution in [0.4, 0.5) is 11.9 Å². The molecule has 0 bridgehead atoms. The number of likely N-dealkylation sites (N-methyl/N-ethyl adjacent to an activating group) is 2. The van der Waals surface area contributed by atoms with Crippen molar-refractivity contribution >= 4 is 103 Å². The molecular formula is C51H70B2Br2N8O8S. The zero-order valence-electron chi connectivity index (χ0n) is 44.6. The van der Waals surface area contributed by atoms with Gasteiger partial charge in [0, 0.05) is 75.2 Å². The highest BCUT2D eigenvalue weighted by Crippen LogP contribution is 2.43. The van der Waals surface area contributed by atoms with Gasteiger partial charge in [0.1, 0.15) is 4.88 Å². The van der Waals surface area contributed by atoms with Crippen molar-refractivity contribution < 1.29 is 37.7 Å². The van der Waals surface area contributed by atoms with E-state index in [9.17, 15) is 9.59 Å². The predicted molar refractivity (Wildman–Crippen MR) is 299 cm³/mol. The van der Waals surface area contributed by atoms with Gasteiger partial charge in [-0.25, -0.2) is 29.5 Å². The van der Waals surface area contributed by atoms with Crippen LogP contribution in [-0.2, 0) is 32.9 Å². The maximum atomic E-state index is 11.7. The van der Waals surface area contributed by atoms with E-state index in [-0.39, 0.29) is 34.3 Å². The lowest BCUT2D eigenvalue weighted by atomic mass is 9.49. The molecule has 21 heteroatoms. The summed E-state index contributed by atoms with van der Waals surface area (Å²) in [6.07, 6.45) is 6.17. The van der Waals surface area contributed by atoms with Crippen molar-refractivity contribution in [1.29, 1.82) is 0 Å². The predicted octanol–water partition coefficient (Wildman–Crippen LogP) is 10.2. The Morgan fingerprint density at radius 1 is 0.694 bits per heavy atom. The van der Waals surface area contributed by atoms with Crippen LogP contribution < -0.4 is 10.6 Å². The van der Waals surface area contributed by atoms with E-state index in [4.69, 9.17) is 23.4 Å². The standard InChI is InChI=1S/C19H22N4O2S.C12H24B2O4.C12H15BrN4.C8H9BrO2/c1-12-9-16(18(24)25-4)26-17(12)13-5-6-15-14(10-13)11-21-19(22-15)20-7-8-23(2)3;1-9(2)10(3,4)16-13(15-9)14-17-11(5,6)12(7,8)18-14;1-17(2)6-5-14-12-15-8-9-7-10(13)3-4-11(9)16-12;1-5-3-6(4-7(5)9)8(10)11-2/h5-6,9-11H,7-8H2,1-4H3,(H,20,21,22);1-8H3;3-4,7-8H,5-6H2,1-2H3,(H,14,15,16);3H,4H2,1-2H3. The second kappa shape index (κ2) is 24.8. The molecule has 2 fully saturated rings. The number of carbonyl (C=O) groups excluding carboxylic acids is 2. The average Bonchev–Trinajstić information content (AvgIpc) is 4.00. The van der Waals surface area contributed by atoms with Gasteiger partial charge < -0.3 is 48.5 Å². The zero-order valence-corrected chi connectivity index (χ0v) is 48.6. The topological polar surface area (TPSA) is 172 Å². The van der Waals surface area contributed by atoms with Crippen molar-refractivity contribution in [3.63, 3.8) is 0 Å². The second-order valence-electron chi connectivity index (χ2n) is 20.1. The summed E-state index contributed by atoms with van der Waals surface area (Å²) in [6, 6.07) is 13.9. The van der Waals surface area contributed by atoms with Crippen LogP contribution >= 0.6 is 43.2 Å². The van der Waals surface area contributed by atoms with Crippen molar-refractivity contribution in [3.8, 4) is 10.4 Å². The summed E-state index contributed by atoms with van der Waals surface area (Å²) < 4.78 is 35.3. The van der Waals surface area contributed by atoms with Crippen LogP contribution in [0.5, 0.6) is 0 Å². The number of halogens is 2. The molecule has 0 atom stereocenters. The van der Waals surface area contributed by atoms with Crippen LogP contribution in [0, 0.1) is 6.92 Å². The molecule has 8 rings (SSSR count). The van der Waals surface area contributed by atoms with Gasteiger partial charge in [-0.2, -0.15) is 0 Å². The molecule has 5 heterocycles. The Bertz CT molecular complexity index is 2700. The minimum absolute atomic E-state index is 0.237. The van der Waals surface area contributed by atoms with Crippen LogP contribution in [0.15, 0.2) is 81.0 Å². The number of ether oxygens (including phenoxy) is 2. The first kappa shape index (κ1) is 58.6. The van der Waals surface area contributed by atoms with Crippen molar-refractivity contribution in [2.75, 3.05) is 79.2 Å². The molecule has 0 unspecified atom stereocenters. The summed E-state index contributed by atoms with van der Waals surface area (Å²) in [5, 5.41) is 8.44. The molecule has 2 aliphatic heterocycles. The number of anilines is 2. The molecular weight excluding hydrogens is 1070 g/mol. The van der Waals surface area contributed by atoms with Crippen LogP contribution in [0.25, 0.3) is 32.2 Å². The molecule has 3 aromatic heterocycles. The molecule has 3 aliphatic rings. The molecule has 388 valence electrons. The molecule has 2 N–H and O–H groups in total. The fraction of sp³-hybridized carbons (Fsp3) is 0.490. The molecule has 0 spiro atoms. The normalized spacial score (nSPS) is 17.2. The minimum Gasteiger partial charge on any atom is -0.466 e. The summed E-state index contributed by atoms with van der Waals surface area (Å²) in [7, 11) is 9.98. The third kappa shape index (κ3) is 15.4. The van der Waals surface area contributed by atoms with Crippen molar-refractivity contribution in [2.45, 2.75) is 98.1 Å². The van der Waals surface area contributed by atoms with Gasteiger partial charge >= 0.3 is 26.0 Å². The Kier molecular flexibility index (Phi) is 20.2. The highest BCUT2D eigenvalue weighted by atomic mass is 79.9. The highest BCUT2D eigenvalue weighted by Gasteiger charge is 2.63. The van der Waals surface area contributed by atoms with Gasteiger partial charge in [0.2, 0.25) is 11.9 Å². The molecule has 0 saturated carbocycles. The van der Waals surface area contributed by atoms with Crippen LogP contribution in [0.2, 0.25) is 0 Å². The average molecular weight is 1140 g/mol. The summed E-state index contributed by atoms with van der Waals surface area (Å²) in [6.45, 7) is 23.7.